The first-order chi connectivity index (χ1) is 8.99. The molecule has 0 saturated carbocycles. The summed E-state index contributed by atoms with van der Waals surface area (Å²) in [6.07, 6.45) is 1.26. The Morgan fingerprint density at radius 2 is 2.21 bits per heavy atom. The molecule has 3 N–H and O–H groups in total. The van der Waals surface area contributed by atoms with Crippen molar-refractivity contribution in [1.82, 2.24) is 0 Å². The van der Waals surface area contributed by atoms with E-state index in [1.54, 1.807) is 0 Å². The third-order valence-corrected chi connectivity index (χ3v) is 2.77. The molecule has 7 nitrogen and oxygen atoms in total. The molecule has 0 heterocycles. The van der Waals surface area contributed by atoms with Crippen LogP contribution in [-0.2, 0) is 0 Å². The molecule has 7 heteroatoms. The second-order valence-corrected chi connectivity index (χ2v) is 4.06. The Morgan fingerprint density at radius 1 is 1.53 bits per heavy atom. The number of aliphatic hydroxyl groups is 1. The van der Waals surface area contributed by atoms with E-state index in [1.807, 2.05) is 6.92 Å². The van der Waals surface area contributed by atoms with Crippen molar-refractivity contribution < 1.29 is 19.9 Å². The van der Waals surface area contributed by atoms with E-state index in [1.165, 1.54) is 18.2 Å². The number of aliphatic hydroxyl groups excluding tert-OH is 1. The average molecular weight is 268 g/mol. The Bertz CT molecular complexity index is 475. The van der Waals surface area contributed by atoms with Gasteiger partial charge in [0.05, 0.1) is 4.92 Å². The van der Waals surface area contributed by atoms with Crippen LogP contribution in [-0.4, -0.2) is 33.8 Å². The highest BCUT2D eigenvalue weighted by Gasteiger charge is 2.20. The summed E-state index contributed by atoms with van der Waals surface area (Å²) < 4.78 is 0. The normalized spacial score (nSPS) is 11.9. The summed E-state index contributed by atoms with van der Waals surface area (Å²) in [5.74, 6) is -1.33. The molecule has 0 aromatic heterocycles. The molecule has 0 amide bonds. The second-order valence-electron chi connectivity index (χ2n) is 4.06. The molecule has 0 spiro atoms. The standard InChI is InChI=1S/C12H16N2O5/c1-2-8(5-6-15)13-9-3-4-10(12(16)17)11(7-9)14(18)19/h3-4,7-8,13,15H,2,5-6H2,1H3,(H,16,17). The van der Waals surface area contributed by atoms with Gasteiger partial charge < -0.3 is 15.5 Å². The molecule has 1 rings (SSSR count). The van der Waals surface area contributed by atoms with Crippen molar-refractivity contribution in [2.75, 3.05) is 11.9 Å². The van der Waals surface area contributed by atoms with Gasteiger partial charge in [0.25, 0.3) is 5.69 Å². The van der Waals surface area contributed by atoms with E-state index in [0.29, 0.717) is 12.1 Å². The van der Waals surface area contributed by atoms with Gasteiger partial charge in [-0.05, 0) is 25.0 Å². The van der Waals surface area contributed by atoms with Crippen LogP contribution in [0, 0.1) is 10.1 Å². The molecule has 0 bridgehead atoms. The van der Waals surface area contributed by atoms with Gasteiger partial charge in [-0.2, -0.15) is 0 Å². The zero-order chi connectivity index (χ0) is 14.4. The fourth-order valence-electron chi connectivity index (χ4n) is 1.72. The van der Waals surface area contributed by atoms with E-state index in [0.717, 1.165) is 6.42 Å². The number of nitrogens with one attached hydrogen (secondary N) is 1. The summed E-state index contributed by atoms with van der Waals surface area (Å²) in [6, 6.07) is 3.87. The van der Waals surface area contributed by atoms with Crippen molar-refractivity contribution in [3.05, 3.63) is 33.9 Å². The number of aromatic carboxylic acids is 1. The minimum Gasteiger partial charge on any atom is -0.477 e. The Hall–Kier alpha value is -2.15. The Balaban J connectivity index is 3.01. The summed E-state index contributed by atoms with van der Waals surface area (Å²) in [5.41, 5.74) is -0.320. The lowest BCUT2D eigenvalue weighted by Gasteiger charge is -2.17. The molecule has 1 unspecified atom stereocenters. The van der Waals surface area contributed by atoms with Crippen molar-refractivity contribution in [3.63, 3.8) is 0 Å². The highest BCUT2D eigenvalue weighted by molar-refractivity contribution is 5.93. The lowest BCUT2D eigenvalue weighted by Crippen LogP contribution is -2.20. The first kappa shape index (κ1) is 14.9. The largest absolute Gasteiger partial charge is 0.477 e. The van der Waals surface area contributed by atoms with Crippen LogP contribution < -0.4 is 5.32 Å². The molecule has 0 aliphatic carbocycles. The number of hydrogen-bond donors (Lipinski definition) is 3. The van der Waals surface area contributed by atoms with Gasteiger partial charge in [-0.15, -0.1) is 0 Å². The maximum atomic E-state index is 10.9. The number of nitrogens with zero attached hydrogens (tertiary/aromatic N) is 1. The van der Waals surface area contributed by atoms with Crippen LogP contribution in [0.2, 0.25) is 0 Å². The van der Waals surface area contributed by atoms with Gasteiger partial charge in [-0.1, -0.05) is 6.92 Å². The number of benzene rings is 1. The minimum absolute atomic E-state index is 0.0136. The fourth-order valence-corrected chi connectivity index (χ4v) is 1.72. The summed E-state index contributed by atoms with van der Waals surface area (Å²) in [4.78, 5) is 21.0. The molecule has 1 atom stereocenters. The van der Waals surface area contributed by atoms with Crippen molar-refractivity contribution in [2.45, 2.75) is 25.8 Å². The van der Waals surface area contributed by atoms with E-state index in [4.69, 9.17) is 10.2 Å². The number of nitro benzene ring substituents is 1. The molecule has 0 aliphatic rings. The van der Waals surface area contributed by atoms with Gasteiger partial charge in [0, 0.05) is 24.4 Å². The van der Waals surface area contributed by atoms with Crippen LogP contribution in [0.1, 0.15) is 30.1 Å². The smallest absolute Gasteiger partial charge is 0.342 e. The van der Waals surface area contributed by atoms with E-state index in [9.17, 15) is 14.9 Å². The number of carbonyl (C=O) groups is 1. The molecule has 1 aromatic rings. The quantitative estimate of drug-likeness (QED) is 0.514. The van der Waals surface area contributed by atoms with Crippen LogP contribution in [0.4, 0.5) is 11.4 Å². The predicted octanol–water partition coefficient (Wildman–Crippen LogP) is 1.87. The van der Waals surface area contributed by atoms with Crippen molar-refractivity contribution >= 4 is 17.3 Å². The Kier molecular flexibility index (Phi) is 5.25. The monoisotopic (exact) mass is 268 g/mol. The first-order valence-corrected chi connectivity index (χ1v) is 5.88. The molecular weight excluding hydrogens is 252 g/mol. The van der Waals surface area contributed by atoms with E-state index in [2.05, 4.69) is 5.32 Å². The van der Waals surface area contributed by atoms with E-state index >= 15 is 0 Å². The molecule has 0 radical (unpaired) electrons. The summed E-state index contributed by atoms with van der Waals surface area (Å²) in [7, 11) is 0. The zero-order valence-electron chi connectivity index (χ0n) is 10.5. The molecule has 0 saturated heterocycles. The SMILES string of the molecule is CCC(CCO)Nc1ccc(C(=O)O)c([N+](=O)[O-])c1. The summed E-state index contributed by atoms with van der Waals surface area (Å²) in [5, 5.41) is 31.6. The molecule has 0 aliphatic heterocycles. The zero-order valence-corrected chi connectivity index (χ0v) is 10.5. The number of nitro groups is 1. The van der Waals surface area contributed by atoms with Crippen molar-refractivity contribution in [1.29, 1.82) is 0 Å². The third-order valence-electron chi connectivity index (χ3n) is 2.77. The van der Waals surface area contributed by atoms with E-state index < -0.39 is 16.6 Å². The van der Waals surface area contributed by atoms with Gasteiger partial charge in [0.15, 0.2) is 0 Å². The van der Waals surface area contributed by atoms with E-state index in [-0.39, 0.29) is 18.2 Å². The van der Waals surface area contributed by atoms with Crippen molar-refractivity contribution in [2.24, 2.45) is 0 Å². The number of carboxylic acids is 1. The third kappa shape index (κ3) is 3.92. The highest BCUT2D eigenvalue weighted by atomic mass is 16.6. The van der Waals surface area contributed by atoms with Gasteiger partial charge in [-0.3, -0.25) is 10.1 Å². The predicted molar refractivity (Wildman–Crippen MR) is 69.5 cm³/mol. The molecule has 0 fully saturated rings. The summed E-state index contributed by atoms with van der Waals surface area (Å²) in [6.45, 7) is 1.94. The van der Waals surface area contributed by atoms with Crippen LogP contribution in [0.3, 0.4) is 0 Å². The molecule has 104 valence electrons. The second kappa shape index (κ2) is 6.69. The lowest BCUT2D eigenvalue weighted by atomic mass is 10.1. The topological polar surface area (TPSA) is 113 Å². The Morgan fingerprint density at radius 3 is 2.68 bits per heavy atom. The number of anilines is 1. The lowest BCUT2D eigenvalue weighted by molar-refractivity contribution is -0.385. The van der Waals surface area contributed by atoms with Crippen LogP contribution >= 0.6 is 0 Å². The Labute approximate surface area is 110 Å². The number of hydrogen-bond acceptors (Lipinski definition) is 5. The van der Waals surface area contributed by atoms with Crippen molar-refractivity contribution in [3.8, 4) is 0 Å². The minimum atomic E-state index is -1.33. The molecule has 1 aromatic carbocycles. The number of carboxylic acid groups (broad SMARTS) is 1. The average Bonchev–Trinajstić information content (AvgIpc) is 2.37. The van der Waals surface area contributed by atoms with Gasteiger partial charge in [0.2, 0.25) is 0 Å². The van der Waals surface area contributed by atoms with Gasteiger partial charge in [0.1, 0.15) is 5.56 Å². The first-order valence-electron chi connectivity index (χ1n) is 5.88. The highest BCUT2D eigenvalue weighted by Crippen LogP contribution is 2.24. The maximum absolute atomic E-state index is 10.9. The number of rotatable bonds is 7. The van der Waals surface area contributed by atoms with Gasteiger partial charge in [-0.25, -0.2) is 4.79 Å². The van der Waals surface area contributed by atoms with Crippen LogP contribution in [0.15, 0.2) is 18.2 Å². The van der Waals surface area contributed by atoms with Crippen LogP contribution in [0.5, 0.6) is 0 Å². The molecular formula is C12H16N2O5. The maximum Gasteiger partial charge on any atom is 0.342 e. The summed E-state index contributed by atoms with van der Waals surface area (Å²) >= 11 is 0. The van der Waals surface area contributed by atoms with Gasteiger partial charge >= 0.3 is 5.97 Å². The molecule has 19 heavy (non-hydrogen) atoms. The van der Waals surface area contributed by atoms with Crippen LogP contribution in [0.25, 0.3) is 0 Å². The fraction of sp³-hybridized carbons (Fsp3) is 0.417.